The van der Waals surface area contributed by atoms with Crippen molar-refractivity contribution < 1.29 is 14.8 Å². The van der Waals surface area contributed by atoms with Crippen molar-refractivity contribution in [2.75, 3.05) is 4.90 Å². The highest BCUT2D eigenvalue weighted by molar-refractivity contribution is 5.90. The number of rotatable bonds is 3. The van der Waals surface area contributed by atoms with Gasteiger partial charge in [0.15, 0.2) is 0 Å². The molecule has 6 heteroatoms. The van der Waals surface area contributed by atoms with Gasteiger partial charge in [0, 0.05) is 18.2 Å². The highest BCUT2D eigenvalue weighted by Gasteiger charge is 2.30. The van der Waals surface area contributed by atoms with Crippen LogP contribution < -0.4 is 4.90 Å². The van der Waals surface area contributed by atoms with Crippen LogP contribution in [0.15, 0.2) is 18.2 Å². The lowest BCUT2D eigenvalue weighted by molar-refractivity contribution is -0.384. The molecule has 0 amide bonds. The summed E-state index contributed by atoms with van der Waals surface area (Å²) >= 11 is 0. The Balaban J connectivity index is 2.49. The first-order valence-corrected chi connectivity index (χ1v) is 6.72. The van der Waals surface area contributed by atoms with E-state index in [0.29, 0.717) is 5.69 Å². The van der Waals surface area contributed by atoms with E-state index in [4.69, 9.17) is 5.11 Å². The maximum absolute atomic E-state index is 11.2. The number of benzene rings is 1. The molecule has 0 bridgehead atoms. The number of carboxylic acid groups (broad SMARTS) is 1. The monoisotopic (exact) mass is 278 g/mol. The molecule has 20 heavy (non-hydrogen) atoms. The van der Waals surface area contributed by atoms with Crippen LogP contribution in [0.4, 0.5) is 11.4 Å². The number of nitro benzene ring substituents is 1. The summed E-state index contributed by atoms with van der Waals surface area (Å²) in [5.41, 5.74) is 0.322. The van der Waals surface area contributed by atoms with E-state index in [9.17, 15) is 14.9 Å². The summed E-state index contributed by atoms with van der Waals surface area (Å²) < 4.78 is 0. The van der Waals surface area contributed by atoms with Crippen molar-refractivity contribution in [2.45, 2.75) is 45.2 Å². The van der Waals surface area contributed by atoms with Gasteiger partial charge in [0.2, 0.25) is 0 Å². The molecule has 0 aromatic heterocycles. The van der Waals surface area contributed by atoms with Gasteiger partial charge in [-0.3, -0.25) is 10.1 Å². The molecule has 2 rings (SSSR count). The van der Waals surface area contributed by atoms with Gasteiger partial charge in [-0.05, 0) is 45.2 Å². The summed E-state index contributed by atoms with van der Waals surface area (Å²) in [4.78, 5) is 23.7. The summed E-state index contributed by atoms with van der Waals surface area (Å²) in [5, 5.41) is 20.2. The van der Waals surface area contributed by atoms with Crippen LogP contribution in [0.3, 0.4) is 0 Å². The molecule has 1 aromatic carbocycles. The maximum Gasteiger partial charge on any atom is 0.335 e. The lowest BCUT2D eigenvalue weighted by atomic mass is 9.96. The molecule has 6 nitrogen and oxygen atoms in total. The van der Waals surface area contributed by atoms with Crippen molar-refractivity contribution in [3.8, 4) is 0 Å². The third-order valence-electron chi connectivity index (χ3n) is 3.89. The van der Waals surface area contributed by atoms with E-state index < -0.39 is 10.9 Å². The molecular weight excluding hydrogens is 260 g/mol. The fourth-order valence-corrected chi connectivity index (χ4v) is 2.92. The van der Waals surface area contributed by atoms with Gasteiger partial charge < -0.3 is 10.0 Å². The average molecular weight is 278 g/mol. The normalized spacial score (nSPS) is 22.6. The molecular formula is C14H18N2O4. The van der Waals surface area contributed by atoms with Crippen molar-refractivity contribution in [2.24, 2.45) is 0 Å². The summed E-state index contributed by atoms with van der Waals surface area (Å²) in [7, 11) is 0. The van der Waals surface area contributed by atoms with Crippen molar-refractivity contribution in [3.63, 3.8) is 0 Å². The minimum atomic E-state index is -1.15. The third-order valence-corrected chi connectivity index (χ3v) is 3.89. The molecule has 0 aliphatic carbocycles. The number of carboxylic acids is 1. The Morgan fingerprint density at radius 3 is 2.45 bits per heavy atom. The quantitative estimate of drug-likeness (QED) is 0.678. The fraction of sp³-hybridized carbons (Fsp3) is 0.500. The van der Waals surface area contributed by atoms with Gasteiger partial charge in [0.1, 0.15) is 5.69 Å². The lowest BCUT2D eigenvalue weighted by Gasteiger charge is -2.40. The molecule has 108 valence electrons. The predicted octanol–water partition coefficient (Wildman–Crippen LogP) is 3.06. The first-order chi connectivity index (χ1) is 9.41. The lowest BCUT2D eigenvalue weighted by Crippen LogP contribution is -2.44. The molecule has 1 aromatic rings. The zero-order chi connectivity index (χ0) is 14.9. The van der Waals surface area contributed by atoms with Crippen LogP contribution >= 0.6 is 0 Å². The molecule has 0 radical (unpaired) electrons. The summed E-state index contributed by atoms with van der Waals surface area (Å²) in [6, 6.07) is 4.56. The Labute approximate surface area is 117 Å². The van der Waals surface area contributed by atoms with Crippen LogP contribution in [-0.4, -0.2) is 28.1 Å². The molecule has 2 unspecified atom stereocenters. The summed E-state index contributed by atoms with van der Waals surface area (Å²) in [6.07, 6.45) is 3.09. The second-order valence-corrected chi connectivity index (χ2v) is 5.30. The minimum absolute atomic E-state index is 0.0576. The molecule has 1 aliphatic heterocycles. The molecule has 1 N–H and O–H groups in total. The van der Waals surface area contributed by atoms with E-state index in [0.717, 1.165) is 25.3 Å². The highest BCUT2D eigenvalue weighted by Crippen LogP contribution is 2.36. The van der Waals surface area contributed by atoms with Crippen molar-refractivity contribution in [1.82, 2.24) is 0 Å². The Kier molecular flexibility index (Phi) is 3.92. The number of aromatic carboxylic acids is 1. The zero-order valence-electron chi connectivity index (χ0n) is 11.6. The molecule has 1 fully saturated rings. The van der Waals surface area contributed by atoms with Gasteiger partial charge in [0.25, 0.3) is 5.69 Å². The van der Waals surface area contributed by atoms with E-state index in [1.807, 2.05) is 18.7 Å². The number of carbonyl (C=O) groups is 1. The van der Waals surface area contributed by atoms with Gasteiger partial charge in [-0.25, -0.2) is 4.79 Å². The van der Waals surface area contributed by atoms with Crippen LogP contribution in [-0.2, 0) is 0 Å². The van der Waals surface area contributed by atoms with Gasteiger partial charge in [-0.2, -0.15) is 0 Å². The number of piperidine rings is 1. The van der Waals surface area contributed by atoms with Crippen molar-refractivity contribution >= 4 is 17.3 Å². The summed E-state index contributed by atoms with van der Waals surface area (Å²) in [6.45, 7) is 4.09. The predicted molar refractivity (Wildman–Crippen MR) is 75.3 cm³/mol. The zero-order valence-corrected chi connectivity index (χ0v) is 11.6. The molecule has 2 atom stereocenters. The fourth-order valence-electron chi connectivity index (χ4n) is 2.92. The number of hydrogen-bond acceptors (Lipinski definition) is 4. The Morgan fingerprint density at radius 1 is 1.35 bits per heavy atom. The van der Waals surface area contributed by atoms with Crippen LogP contribution in [0.1, 0.15) is 43.5 Å². The standard InChI is InChI=1S/C14H18N2O4/c1-9-4-3-5-10(2)15(9)12-7-6-11(14(17)18)8-13(12)16(19)20/h6-10H,3-5H2,1-2H3,(H,17,18). The number of nitrogens with zero attached hydrogens (tertiary/aromatic N) is 2. The van der Waals surface area contributed by atoms with Crippen LogP contribution in [0.25, 0.3) is 0 Å². The molecule has 0 spiro atoms. The molecule has 0 saturated carbocycles. The molecule has 1 aliphatic rings. The van der Waals surface area contributed by atoms with Crippen molar-refractivity contribution in [3.05, 3.63) is 33.9 Å². The largest absolute Gasteiger partial charge is 0.478 e. The second kappa shape index (κ2) is 5.48. The van der Waals surface area contributed by atoms with Gasteiger partial charge in [-0.15, -0.1) is 0 Å². The summed E-state index contributed by atoms with van der Waals surface area (Å²) in [5.74, 6) is -1.15. The van der Waals surface area contributed by atoms with Crippen LogP contribution in [0, 0.1) is 10.1 Å². The topological polar surface area (TPSA) is 83.7 Å². The first kappa shape index (κ1) is 14.3. The Bertz CT molecular complexity index is 534. The van der Waals surface area contributed by atoms with E-state index in [1.54, 1.807) is 6.07 Å². The third kappa shape index (κ3) is 2.59. The van der Waals surface area contributed by atoms with Crippen molar-refractivity contribution in [1.29, 1.82) is 0 Å². The minimum Gasteiger partial charge on any atom is -0.478 e. The molecule has 1 saturated heterocycles. The van der Waals surface area contributed by atoms with Gasteiger partial charge in [-0.1, -0.05) is 0 Å². The average Bonchev–Trinajstić information content (AvgIpc) is 2.38. The van der Waals surface area contributed by atoms with E-state index in [-0.39, 0.29) is 23.3 Å². The van der Waals surface area contributed by atoms with E-state index in [1.165, 1.54) is 6.07 Å². The maximum atomic E-state index is 11.2. The second-order valence-electron chi connectivity index (χ2n) is 5.30. The van der Waals surface area contributed by atoms with Gasteiger partial charge >= 0.3 is 5.97 Å². The highest BCUT2D eigenvalue weighted by atomic mass is 16.6. The SMILES string of the molecule is CC1CCCC(C)N1c1ccc(C(=O)O)cc1[N+](=O)[O-]. The number of anilines is 1. The smallest absolute Gasteiger partial charge is 0.335 e. The Hall–Kier alpha value is -2.11. The number of hydrogen-bond donors (Lipinski definition) is 1. The van der Waals surface area contributed by atoms with Crippen LogP contribution in [0.2, 0.25) is 0 Å². The van der Waals surface area contributed by atoms with E-state index >= 15 is 0 Å². The first-order valence-electron chi connectivity index (χ1n) is 6.72. The van der Waals surface area contributed by atoms with E-state index in [2.05, 4.69) is 0 Å². The number of nitro groups is 1. The molecule has 1 heterocycles. The Morgan fingerprint density at radius 2 is 1.95 bits per heavy atom. The van der Waals surface area contributed by atoms with Gasteiger partial charge in [0.05, 0.1) is 10.5 Å². The van der Waals surface area contributed by atoms with Crippen LogP contribution in [0.5, 0.6) is 0 Å².